The minimum absolute atomic E-state index is 0.0999. The van der Waals surface area contributed by atoms with Crippen LogP contribution in [-0.2, 0) is 0 Å². The lowest BCUT2D eigenvalue weighted by Crippen LogP contribution is -2.19. The molecule has 0 spiro atoms. The van der Waals surface area contributed by atoms with Crippen LogP contribution in [0.15, 0.2) is 28.7 Å². The summed E-state index contributed by atoms with van der Waals surface area (Å²) >= 11 is 4.76. The SMILES string of the molecule is Cc1nc(C)c(C(=O)Nc2ccccc2OCC(N)=S)o1. The fourth-order valence-corrected chi connectivity index (χ4v) is 1.82. The number of hydrogen-bond donors (Lipinski definition) is 2. The van der Waals surface area contributed by atoms with E-state index in [9.17, 15) is 4.79 Å². The highest BCUT2D eigenvalue weighted by Crippen LogP contribution is 2.24. The number of nitrogens with zero attached hydrogens (tertiary/aromatic N) is 1. The third-order valence-electron chi connectivity index (χ3n) is 2.61. The number of aryl methyl sites for hydroxylation is 2. The summed E-state index contributed by atoms with van der Waals surface area (Å²) in [6.45, 7) is 3.49. The van der Waals surface area contributed by atoms with E-state index < -0.39 is 0 Å². The molecule has 3 N–H and O–H groups in total. The minimum atomic E-state index is -0.389. The molecule has 0 radical (unpaired) electrons. The van der Waals surface area contributed by atoms with Crippen LogP contribution in [0.5, 0.6) is 5.75 Å². The summed E-state index contributed by atoms with van der Waals surface area (Å²) in [7, 11) is 0. The maximum absolute atomic E-state index is 12.2. The normalized spacial score (nSPS) is 10.2. The van der Waals surface area contributed by atoms with Crippen LogP contribution in [0.4, 0.5) is 5.69 Å². The average molecular weight is 305 g/mol. The van der Waals surface area contributed by atoms with Crippen molar-refractivity contribution in [3.05, 3.63) is 41.6 Å². The first-order valence-corrected chi connectivity index (χ1v) is 6.63. The Morgan fingerprint density at radius 1 is 1.43 bits per heavy atom. The number of amides is 1. The van der Waals surface area contributed by atoms with Crippen LogP contribution < -0.4 is 15.8 Å². The smallest absolute Gasteiger partial charge is 0.293 e. The molecule has 0 aliphatic heterocycles. The molecule has 2 aromatic rings. The van der Waals surface area contributed by atoms with Gasteiger partial charge in [0, 0.05) is 6.92 Å². The Kier molecular flexibility index (Phi) is 4.54. The van der Waals surface area contributed by atoms with Gasteiger partial charge < -0.3 is 20.2 Å². The molecule has 0 fully saturated rings. The van der Waals surface area contributed by atoms with E-state index in [1.165, 1.54) is 0 Å². The van der Waals surface area contributed by atoms with Gasteiger partial charge in [-0.25, -0.2) is 4.98 Å². The molecule has 110 valence electrons. The van der Waals surface area contributed by atoms with Crippen LogP contribution in [0.3, 0.4) is 0 Å². The van der Waals surface area contributed by atoms with Crippen molar-refractivity contribution in [2.24, 2.45) is 5.73 Å². The van der Waals surface area contributed by atoms with Crippen molar-refractivity contribution >= 4 is 28.8 Å². The first-order chi connectivity index (χ1) is 9.97. The lowest BCUT2D eigenvalue weighted by atomic mass is 10.2. The maximum atomic E-state index is 12.2. The number of nitrogens with one attached hydrogen (secondary N) is 1. The number of ether oxygens (including phenoxy) is 1. The molecule has 0 atom stereocenters. The standard InChI is InChI=1S/C14H15N3O3S/c1-8-13(20-9(2)16-8)14(18)17-10-5-3-4-6-11(10)19-7-12(15)21/h3-6H,7H2,1-2H3,(H2,15,21)(H,17,18). The number of rotatable bonds is 5. The van der Waals surface area contributed by atoms with E-state index in [1.807, 2.05) is 0 Å². The summed E-state index contributed by atoms with van der Waals surface area (Å²) in [5.41, 5.74) is 6.44. The highest BCUT2D eigenvalue weighted by Gasteiger charge is 2.17. The van der Waals surface area contributed by atoms with Crippen molar-refractivity contribution in [3.63, 3.8) is 0 Å². The fraction of sp³-hybridized carbons (Fsp3) is 0.214. The van der Waals surface area contributed by atoms with Crippen LogP contribution in [0.1, 0.15) is 22.1 Å². The Bertz CT molecular complexity index is 682. The van der Waals surface area contributed by atoms with E-state index in [-0.39, 0.29) is 23.3 Å². The van der Waals surface area contributed by atoms with E-state index in [0.717, 1.165) is 0 Å². The van der Waals surface area contributed by atoms with Crippen molar-refractivity contribution in [2.45, 2.75) is 13.8 Å². The van der Waals surface area contributed by atoms with Gasteiger partial charge >= 0.3 is 0 Å². The molecule has 0 saturated heterocycles. The summed E-state index contributed by atoms with van der Waals surface area (Å²) in [6.07, 6.45) is 0. The summed E-state index contributed by atoms with van der Waals surface area (Å²) in [5.74, 6) is 0.708. The predicted octanol–water partition coefficient (Wildman–Crippen LogP) is 2.21. The number of anilines is 1. The van der Waals surface area contributed by atoms with Gasteiger partial charge in [0.25, 0.3) is 5.91 Å². The van der Waals surface area contributed by atoms with Gasteiger partial charge in [0.15, 0.2) is 5.89 Å². The van der Waals surface area contributed by atoms with Crippen molar-refractivity contribution < 1.29 is 13.9 Å². The van der Waals surface area contributed by atoms with Crippen LogP contribution >= 0.6 is 12.2 Å². The van der Waals surface area contributed by atoms with E-state index in [0.29, 0.717) is 23.0 Å². The molecule has 1 amide bonds. The van der Waals surface area contributed by atoms with Crippen LogP contribution in [0.2, 0.25) is 0 Å². The molecule has 2 rings (SSSR count). The Hall–Kier alpha value is -2.41. The van der Waals surface area contributed by atoms with Crippen molar-refractivity contribution in [1.82, 2.24) is 4.98 Å². The molecular weight excluding hydrogens is 290 g/mol. The third-order valence-corrected chi connectivity index (χ3v) is 2.73. The second kappa shape index (κ2) is 6.36. The highest BCUT2D eigenvalue weighted by atomic mass is 32.1. The van der Waals surface area contributed by atoms with Crippen molar-refractivity contribution in [1.29, 1.82) is 0 Å². The second-order valence-corrected chi connectivity index (χ2v) is 4.88. The summed E-state index contributed by atoms with van der Waals surface area (Å²) in [5, 5.41) is 2.72. The number of oxazole rings is 1. The van der Waals surface area contributed by atoms with Gasteiger partial charge in [-0.3, -0.25) is 4.79 Å². The number of carbonyl (C=O) groups excluding carboxylic acids is 1. The number of nitrogens with two attached hydrogens (primary N) is 1. The Morgan fingerprint density at radius 3 is 2.76 bits per heavy atom. The largest absolute Gasteiger partial charge is 0.484 e. The average Bonchev–Trinajstić information content (AvgIpc) is 2.76. The van der Waals surface area contributed by atoms with Gasteiger partial charge in [-0.15, -0.1) is 0 Å². The summed E-state index contributed by atoms with van der Waals surface area (Å²) in [6, 6.07) is 6.99. The lowest BCUT2D eigenvalue weighted by molar-refractivity contribution is 0.0994. The Labute approximate surface area is 127 Å². The fourth-order valence-electron chi connectivity index (χ4n) is 1.77. The van der Waals surface area contributed by atoms with E-state index in [4.69, 9.17) is 27.1 Å². The zero-order chi connectivity index (χ0) is 15.4. The van der Waals surface area contributed by atoms with Crippen LogP contribution in [0, 0.1) is 13.8 Å². The number of carbonyl (C=O) groups is 1. The van der Waals surface area contributed by atoms with Crippen LogP contribution in [-0.4, -0.2) is 22.5 Å². The van der Waals surface area contributed by atoms with Crippen molar-refractivity contribution in [3.8, 4) is 5.75 Å². The molecule has 0 aliphatic carbocycles. The van der Waals surface area contributed by atoms with E-state index >= 15 is 0 Å². The molecule has 0 unspecified atom stereocenters. The van der Waals surface area contributed by atoms with E-state index in [2.05, 4.69) is 10.3 Å². The maximum Gasteiger partial charge on any atom is 0.293 e. The lowest BCUT2D eigenvalue weighted by Gasteiger charge is -2.11. The molecule has 1 aromatic heterocycles. The number of thiocarbonyl (C=S) groups is 1. The number of para-hydroxylation sites is 2. The molecule has 0 saturated carbocycles. The van der Waals surface area contributed by atoms with Gasteiger partial charge in [0.05, 0.1) is 11.4 Å². The topological polar surface area (TPSA) is 90.4 Å². The predicted molar refractivity (Wildman–Crippen MR) is 82.7 cm³/mol. The summed E-state index contributed by atoms with van der Waals surface area (Å²) in [4.78, 5) is 16.5. The van der Waals surface area contributed by atoms with Crippen molar-refractivity contribution in [2.75, 3.05) is 11.9 Å². The Morgan fingerprint density at radius 2 is 2.14 bits per heavy atom. The first-order valence-electron chi connectivity index (χ1n) is 6.23. The second-order valence-electron chi connectivity index (χ2n) is 4.35. The molecular formula is C14H15N3O3S. The molecule has 0 aliphatic rings. The van der Waals surface area contributed by atoms with Gasteiger partial charge in [0.1, 0.15) is 17.3 Å². The van der Waals surface area contributed by atoms with Crippen LogP contribution in [0.25, 0.3) is 0 Å². The van der Waals surface area contributed by atoms with Gasteiger partial charge in [0.2, 0.25) is 5.76 Å². The van der Waals surface area contributed by atoms with Gasteiger partial charge in [-0.2, -0.15) is 0 Å². The van der Waals surface area contributed by atoms with Gasteiger partial charge in [-0.05, 0) is 19.1 Å². The van der Waals surface area contributed by atoms with Gasteiger partial charge in [-0.1, -0.05) is 24.4 Å². The number of benzene rings is 1. The Balaban J connectivity index is 2.17. The monoisotopic (exact) mass is 305 g/mol. The zero-order valence-corrected chi connectivity index (χ0v) is 12.5. The molecule has 6 nitrogen and oxygen atoms in total. The molecule has 0 bridgehead atoms. The van der Waals surface area contributed by atoms with E-state index in [1.54, 1.807) is 38.1 Å². The highest BCUT2D eigenvalue weighted by molar-refractivity contribution is 7.80. The zero-order valence-electron chi connectivity index (χ0n) is 11.7. The number of aromatic nitrogens is 1. The number of hydrogen-bond acceptors (Lipinski definition) is 5. The molecule has 7 heteroatoms. The molecule has 1 heterocycles. The third kappa shape index (κ3) is 3.79. The molecule has 1 aromatic carbocycles. The summed E-state index contributed by atoms with van der Waals surface area (Å²) < 4.78 is 10.7. The minimum Gasteiger partial charge on any atom is -0.484 e. The molecule has 21 heavy (non-hydrogen) atoms. The first kappa shape index (κ1) is 15.0. The quantitative estimate of drug-likeness (QED) is 0.823.